The smallest absolute Gasteiger partial charge is 0.317 e. The van der Waals surface area contributed by atoms with E-state index in [9.17, 15) is 9.59 Å². The summed E-state index contributed by atoms with van der Waals surface area (Å²) in [5.74, 6) is -0.0360. The van der Waals surface area contributed by atoms with Crippen LogP contribution in [0.15, 0.2) is 67.0 Å². The summed E-state index contributed by atoms with van der Waals surface area (Å²) in [6, 6.07) is 16.4. The van der Waals surface area contributed by atoms with Gasteiger partial charge in [-0.25, -0.2) is 4.79 Å². The summed E-state index contributed by atoms with van der Waals surface area (Å²) in [4.78, 5) is 35.1. The summed E-state index contributed by atoms with van der Waals surface area (Å²) in [5.41, 5.74) is 3.42. The molecule has 0 spiro atoms. The highest BCUT2D eigenvalue weighted by Crippen LogP contribution is 2.24. The Kier molecular flexibility index (Phi) is 7.55. The van der Waals surface area contributed by atoms with Crippen molar-refractivity contribution in [1.82, 2.24) is 20.1 Å². The van der Waals surface area contributed by atoms with Crippen molar-refractivity contribution in [3.05, 3.63) is 88.2 Å². The van der Waals surface area contributed by atoms with Crippen molar-refractivity contribution in [2.45, 2.75) is 6.54 Å². The molecule has 0 aliphatic carbocycles. The molecule has 1 aliphatic heterocycles. The molecule has 0 unspecified atom stereocenters. The maximum atomic E-state index is 13.0. The van der Waals surface area contributed by atoms with Gasteiger partial charge in [0.25, 0.3) is 5.91 Å². The molecule has 4 rings (SSSR count). The molecular weight excluding hydrogens is 473 g/mol. The van der Waals surface area contributed by atoms with Gasteiger partial charge in [0.2, 0.25) is 0 Å². The minimum atomic E-state index is -0.179. The number of piperazine rings is 1. The van der Waals surface area contributed by atoms with Gasteiger partial charge in [0.1, 0.15) is 0 Å². The summed E-state index contributed by atoms with van der Waals surface area (Å²) in [6.45, 7) is 2.21. The van der Waals surface area contributed by atoms with Gasteiger partial charge in [0.05, 0.1) is 0 Å². The van der Waals surface area contributed by atoms with Gasteiger partial charge >= 0.3 is 6.03 Å². The molecular formula is C25H25Cl2N5O2. The lowest BCUT2D eigenvalue weighted by molar-refractivity contribution is 0.0665. The van der Waals surface area contributed by atoms with Gasteiger partial charge in [-0.2, -0.15) is 0 Å². The fourth-order valence-electron chi connectivity index (χ4n) is 3.79. The second-order valence-corrected chi connectivity index (χ2v) is 8.83. The van der Waals surface area contributed by atoms with E-state index in [1.54, 1.807) is 40.4 Å². The lowest BCUT2D eigenvalue weighted by Crippen LogP contribution is -2.53. The second-order valence-electron chi connectivity index (χ2n) is 7.98. The van der Waals surface area contributed by atoms with Crippen molar-refractivity contribution in [1.29, 1.82) is 0 Å². The van der Waals surface area contributed by atoms with Crippen LogP contribution in [0.1, 0.15) is 15.9 Å². The molecule has 34 heavy (non-hydrogen) atoms. The van der Waals surface area contributed by atoms with E-state index in [-0.39, 0.29) is 11.9 Å². The molecule has 0 radical (unpaired) electrons. The van der Waals surface area contributed by atoms with Crippen LogP contribution < -0.4 is 10.2 Å². The molecule has 1 aliphatic rings. The maximum absolute atomic E-state index is 13.0. The number of hydrogen-bond donors (Lipinski definition) is 1. The van der Waals surface area contributed by atoms with Crippen LogP contribution in [0.5, 0.6) is 0 Å². The molecule has 2 aromatic carbocycles. The van der Waals surface area contributed by atoms with E-state index in [1.165, 1.54) is 0 Å². The summed E-state index contributed by atoms with van der Waals surface area (Å²) in [7, 11) is 1.97. The summed E-state index contributed by atoms with van der Waals surface area (Å²) in [6.07, 6.45) is 3.49. The van der Waals surface area contributed by atoms with Gasteiger partial charge in [-0.3, -0.25) is 9.78 Å². The van der Waals surface area contributed by atoms with Crippen LogP contribution in [-0.4, -0.2) is 59.9 Å². The van der Waals surface area contributed by atoms with Crippen LogP contribution in [0.3, 0.4) is 0 Å². The first-order valence-electron chi connectivity index (χ1n) is 10.9. The van der Waals surface area contributed by atoms with Crippen LogP contribution in [0.2, 0.25) is 10.0 Å². The fraction of sp³-hybridized carbons (Fsp3) is 0.240. The average molecular weight is 498 g/mol. The predicted octanol–water partition coefficient (Wildman–Crippen LogP) is 4.82. The second kappa shape index (κ2) is 10.8. The molecule has 7 nitrogen and oxygen atoms in total. The topological polar surface area (TPSA) is 68.8 Å². The molecule has 0 saturated carbocycles. The summed E-state index contributed by atoms with van der Waals surface area (Å²) in [5, 5.41) is 3.95. The number of anilines is 2. The monoisotopic (exact) mass is 497 g/mol. The van der Waals surface area contributed by atoms with Gasteiger partial charge in [-0.05, 0) is 54.1 Å². The first kappa shape index (κ1) is 23.9. The molecule has 0 bridgehead atoms. The number of rotatable bonds is 5. The number of carbonyl (C=O) groups is 2. The van der Waals surface area contributed by atoms with E-state index < -0.39 is 0 Å². The number of carbonyl (C=O) groups excluding carboxylic acids is 2. The molecule has 176 valence electrons. The highest BCUT2D eigenvalue weighted by atomic mass is 35.5. The number of nitrogens with zero attached hydrogens (tertiary/aromatic N) is 4. The van der Waals surface area contributed by atoms with Gasteiger partial charge in [-0.15, -0.1) is 0 Å². The Balaban J connectivity index is 1.28. The number of halogens is 2. The fourth-order valence-corrected chi connectivity index (χ4v) is 4.26. The highest BCUT2D eigenvalue weighted by Gasteiger charge is 2.25. The molecule has 9 heteroatoms. The first-order chi connectivity index (χ1) is 16.4. The van der Waals surface area contributed by atoms with E-state index in [2.05, 4.69) is 10.3 Å². The van der Waals surface area contributed by atoms with Crippen LogP contribution >= 0.6 is 23.2 Å². The SMILES string of the molecule is CN(c1ccncc1)c1ccc(C(=O)N2CCN(C(=O)NCc3ccc(Cl)cc3Cl)CC2)cc1. The molecule has 1 aromatic heterocycles. The van der Waals surface area contributed by atoms with Crippen molar-refractivity contribution in [2.75, 3.05) is 38.1 Å². The number of pyridine rings is 1. The number of nitrogens with one attached hydrogen (secondary N) is 1. The van der Waals surface area contributed by atoms with E-state index in [4.69, 9.17) is 23.2 Å². The van der Waals surface area contributed by atoms with E-state index in [0.29, 0.717) is 48.3 Å². The van der Waals surface area contributed by atoms with Gasteiger partial charge in [0, 0.05) is 79.1 Å². The molecule has 1 fully saturated rings. The zero-order valence-corrected chi connectivity index (χ0v) is 20.3. The van der Waals surface area contributed by atoms with Crippen molar-refractivity contribution in [3.63, 3.8) is 0 Å². The van der Waals surface area contributed by atoms with Crippen molar-refractivity contribution in [2.24, 2.45) is 0 Å². The molecule has 1 saturated heterocycles. The van der Waals surface area contributed by atoms with Crippen molar-refractivity contribution < 1.29 is 9.59 Å². The Morgan fingerprint density at radius 2 is 1.53 bits per heavy atom. The quantitative estimate of drug-likeness (QED) is 0.548. The van der Waals surface area contributed by atoms with Crippen LogP contribution in [-0.2, 0) is 6.54 Å². The largest absolute Gasteiger partial charge is 0.345 e. The third kappa shape index (κ3) is 5.61. The minimum Gasteiger partial charge on any atom is -0.345 e. The van der Waals surface area contributed by atoms with Crippen LogP contribution in [0.25, 0.3) is 0 Å². The van der Waals surface area contributed by atoms with E-state index >= 15 is 0 Å². The normalized spacial score (nSPS) is 13.5. The van der Waals surface area contributed by atoms with Crippen molar-refractivity contribution in [3.8, 4) is 0 Å². The first-order valence-corrected chi connectivity index (χ1v) is 11.7. The zero-order valence-electron chi connectivity index (χ0n) is 18.7. The summed E-state index contributed by atoms with van der Waals surface area (Å²) < 4.78 is 0. The Morgan fingerprint density at radius 3 is 2.18 bits per heavy atom. The molecule has 0 atom stereocenters. The lowest BCUT2D eigenvalue weighted by atomic mass is 10.1. The number of urea groups is 1. The van der Waals surface area contributed by atoms with Crippen molar-refractivity contribution >= 4 is 46.5 Å². The minimum absolute atomic E-state index is 0.0360. The highest BCUT2D eigenvalue weighted by molar-refractivity contribution is 6.35. The molecule has 1 N–H and O–H groups in total. The molecule has 3 amide bonds. The van der Waals surface area contributed by atoms with Gasteiger partial charge in [0.15, 0.2) is 0 Å². The molecule has 2 heterocycles. The Bertz CT molecular complexity index is 1150. The van der Waals surface area contributed by atoms with E-state index in [0.717, 1.165) is 16.9 Å². The van der Waals surface area contributed by atoms with Gasteiger partial charge in [-0.1, -0.05) is 29.3 Å². The number of amides is 3. The van der Waals surface area contributed by atoms with Gasteiger partial charge < -0.3 is 20.0 Å². The maximum Gasteiger partial charge on any atom is 0.317 e. The molecule has 3 aromatic rings. The number of aromatic nitrogens is 1. The predicted molar refractivity (Wildman–Crippen MR) is 135 cm³/mol. The zero-order chi connectivity index (χ0) is 24.1. The average Bonchev–Trinajstić information content (AvgIpc) is 2.88. The van der Waals surface area contributed by atoms with Crippen LogP contribution in [0.4, 0.5) is 16.2 Å². The number of hydrogen-bond acceptors (Lipinski definition) is 4. The standard InChI is InChI=1S/C25H25Cl2N5O2/c1-30(22-8-10-28-11-9-22)21-6-3-18(4-7-21)24(33)31-12-14-32(15-13-31)25(34)29-17-19-2-5-20(26)16-23(19)27/h2-11,16H,12-15,17H2,1H3,(H,29,34). The van der Waals surface area contributed by atoms with Crippen LogP contribution in [0, 0.1) is 0 Å². The number of benzene rings is 2. The Labute approximate surface area is 208 Å². The Morgan fingerprint density at radius 1 is 0.912 bits per heavy atom. The van der Waals surface area contributed by atoms with E-state index in [1.807, 2.05) is 48.3 Å². The third-order valence-electron chi connectivity index (χ3n) is 5.85. The lowest BCUT2D eigenvalue weighted by Gasteiger charge is -2.34. The Hall–Kier alpha value is -3.29. The summed E-state index contributed by atoms with van der Waals surface area (Å²) >= 11 is 12.1. The third-order valence-corrected chi connectivity index (χ3v) is 6.44.